The molecular weight excluding hydrogens is 507 g/mol. The number of hydrogen-bond donors (Lipinski definition) is 0. The minimum absolute atomic E-state index is 0. The summed E-state index contributed by atoms with van der Waals surface area (Å²) in [6, 6.07) is 12.2. The summed E-state index contributed by atoms with van der Waals surface area (Å²) in [6.45, 7) is 16.6. The molecule has 1 aliphatic carbocycles. The van der Waals surface area contributed by atoms with Crippen LogP contribution in [0.3, 0.4) is 0 Å². The Morgan fingerprint density at radius 2 is 1.31 bits per heavy atom. The van der Waals surface area contributed by atoms with Gasteiger partial charge < -0.3 is 37.2 Å². The maximum atomic E-state index is 3.71. The fourth-order valence-corrected chi connectivity index (χ4v) is 10.3. The molecule has 32 heavy (non-hydrogen) atoms. The first-order valence-corrected chi connectivity index (χ1v) is 13.5. The number of hydrogen-bond acceptors (Lipinski definition) is 0. The van der Waals surface area contributed by atoms with Crippen LogP contribution in [-0.2, 0) is 21.7 Å². The SMILES string of the molecule is CCCC[Si](C)(C1=CC[C-]=C1c1ccccc1)c1c(C)c(C)c(C)c(C)c1C.[Cl-].[Cl-].[Cl-].[Ti+4]. The molecule has 0 aromatic heterocycles. The molecule has 1 atom stereocenters. The minimum Gasteiger partial charge on any atom is -1.00 e. The zero-order valence-electron chi connectivity index (χ0n) is 20.4. The summed E-state index contributed by atoms with van der Waals surface area (Å²) in [5.41, 5.74) is 10.2. The first-order chi connectivity index (χ1) is 13.3. The van der Waals surface area contributed by atoms with Gasteiger partial charge in [0.15, 0.2) is 0 Å². The fourth-order valence-electron chi connectivity index (χ4n) is 5.07. The molecule has 0 fully saturated rings. The predicted octanol–water partition coefficient (Wildman–Crippen LogP) is -1.92. The Morgan fingerprint density at radius 1 is 0.812 bits per heavy atom. The smallest absolute Gasteiger partial charge is 1.00 e. The Hall–Kier alpha value is -0.279. The van der Waals surface area contributed by atoms with Crippen LogP contribution in [0.4, 0.5) is 0 Å². The molecule has 0 amide bonds. The van der Waals surface area contributed by atoms with Crippen molar-refractivity contribution in [3.8, 4) is 0 Å². The fraction of sp³-hybridized carbons (Fsp3) is 0.407. The third-order valence-corrected chi connectivity index (χ3v) is 11.9. The van der Waals surface area contributed by atoms with Crippen molar-refractivity contribution in [3.05, 3.63) is 81.1 Å². The topological polar surface area (TPSA) is 0 Å². The summed E-state index contributed by atoms with van der Waals surface area (Å²) in [4.78, 5) is 0. The molecule has 0 heterocycles. The predicted molar refractivity (Wildman–Crippen MR) is 127 cm³/mol. The van der Waals surface area contributed by atoms with Crippen molar-refractivity contribution < 1.29 is 58.9 Å². The number of halogens is 3. The molecule has 1 aliphatic rings. The van der Waals surface area contributed by atoms with Gasteiger partial charge in [-0.1, -0.05) is 62.2 Å². The quantitative estimate of drug-likeness (QED) is 0.296. The number of benzene rings is 2. The van der Waals surface area contributed by atoms with E-state index in [4.69, 9.17) is 0 Å². The second-order valence-electron chi connectivity index (χ2n) is 8.68. The van der Waals surface area contributed by atoms with E-state index in [-0.39, 0.29) is 58.9 Å². The second kappa shape index (κ2) is 14.2. The van der Waals surface area contributed by atoms with E-state index in [2.05, 4.69) is 90.6 Å². The Morgan fingerprint density at radius 3 is 1.81 bits per heavy atom. The van der Waals surface area contributed by atoms with E-state index >= 15 is 0 Å². The minimum atomic E-state index is -1.87. The molecule has 0 saturated carbocycles. The van der Waals surface area contributed by atoms with Crippen LogP contribution in [0.2, 0.25) is 12.6 Å². The summed E-state index contributed by atoms with van der Waals surface area (Å²) < 4.78 is 0. The molecular formula is C27H35Cl3SiTi. The molecule has 0 N–H and O–H groups in total. The van der Waals surface area contributed by atoms with E-state index in [0.29, 0.717) is 0 Å². The molecule has 172 valence electrons. The van der Waals surface area contributed by atoms with Crippen molar-refractivity contribution in [3.63, 3.8) is 0 Å². The Labute approximate surface area is 230 Å². The number of allylic oxidation sites excluding steroid dienone is 4. The van der Waals surface area contributed by atoms with Crippen molar-refractivity contribution in [2.75, 3.05) is 0 Å². The third-order valence-electron chi connectivity index (χ3n) is 7.09. The van der Waals surface area contributed by atoms with E-state index in [1.807, 2.05) is 0 Å². The third kappa shape index (κ3) is 6.23. The average Bonchev–Trinajstić information content (AvgIpc) is 3.21. The van der Waals surface area contributed by atoms with Crippen LogP contribution in [0, 0.1) is 40.7 Å². The summed E-state index contributed by atoms with van der Waals surface area (Å²) >= 11 is 0. The maximum absolute atomic E-state index is 3.71. The van der Waals surface area contributed by atoms with Crippen LogP contribution in [0.5, 0.6) is 0 Å². The van der Waals surface area contributed by atoms with Gasteiger partial charge in [0.1, 0.15) is 0 Å². The van der Waals surface area contributed by atoms with E-state index in [9.17, 15) is 0 Å². The molecule has 3 rings (SSSR count). The van der Waals surface area contributed by atoms with Gasteiger partial charge in [-0.15, -0.1) is 23.8 Å². The van der Waals surface area contributed by atoms with Gasteiger partial charge in [0.2, 0.25) is 0 Å². The normalized spacial score (nSPS) is 14.0. The first kappa shape index (κ1) is 33.9. The molecule has 0 aliphatic heterocycles. The van der Waals surface area contributed by atoms with Gasteiger partial charge in [-0.2, -0.15) is 16.8 Å². The van der Waals surface area contributed by atoms with Gasteiger partial charge in [0, 0.05) is 0 Å². The summed E-state index contributed by atoms with van der Waals surface area (Å²) in [7, 11) is -1.87. The Bertz CT molecular complexity index is 922. The largest absolute Gasteiger partial charge is 4.00 e. The van der Waals surface area contributed by atoms with E-state index < -0.39 is 8.07 Å². The molecule has 0 bridgehead atoms. The Balaban J connectivity index is 0. The summed E-state index contributed by atoms with van der Waals surface area (Å²) in [5.74, 6) is 0. The monoisotopic (exact) mass is 540 g/mol. The Kier molecular flexibility index (Phi) is 15.0. The zero-order chi connectivity index (χ0) is 20.5. The van der Waals surface area contributed by atoms with Crippen LogP contribution in [0.1, 0.15) is 59.6 Å². The van der Waals surface area contributed by atoms with E-state index in [0.717, 1.165) is 6.42 Å². The van der Waals surface area contributed by atoms with Crippen molar-refractivity contribution in [1.82, 2.24) is 0 Å². The molecule has 0 saturated heterocycles. The molecule has 0 nitrogen and oxygen atoms in total. The van der Waals surface area contributed by atoms with Crippen molar-refractivity contribution in [1.29, 1.82) is 0 Å². The second-order valence-corrected chi connectivity index (χ2v) is 12.9. The van der Waals surface area contributed by atoms with Crippen LogP contribution in [0.25, 0.3) is 5.57 Å². The van der Waals surface area contributed by atoms with E-state index in [1.165, 1.54) is 57.8 Å². The average molecular weight is 542 g/mol. The standard InChI is InChI=1S/C27H35Si.3ClH.Ti/c1-8-9-18-28(7,27-22(5)20(3)19(2)21(4)23(27)6)26-17-13-16-25(26)24-14-11-10-12-15-24;;;;/h10-12,14-15,17H,8-9,13,18H2,1-7H3;3*1H;/q-1;;;;+4/p-3. The number of rotatable bonds is 6. The van der Waals surface area contributed by atoms with Gasteiger partial charge in [0.05, 0.1) is 8.07 Å². The van der Waals surface area contributed by atoms with Gasteiger partial charge in [-0.05, 0) is 62.4 Å². The number of unbranched alkanes of at least 4 members (excludes halogenated alkanes) is 1. The zero-order valence-corrected chi connectivity index (χ0v) is 25.3. The van der Waals surface area contributed by atoms with Gasteiger partial charge in [-0.3, -0.25) is 0 Å². The molecule has 1 unspecified atom stereocenters. The van der Waals surface area contributed by atoms with Gasteiger partial charge in [-0.25, -0.2) is 0 Å². The molecule has 2 aromatic carbocycles. The van der Waals surface area contributed by atoms with Crippen molar-refractivity contribution in [2.24, 2.45) is 0 Å². The van der Waals surface area contributed by atoms with Crippen LogP contribution in [-0.4, -0.2) is 8.07 Å². The van der Waals surface area contributed by atoms with Crippen LogP contribution < -0.4 is 42.4 Å². The molecule has 5 heteroatoms. The van der Waals surface area contributed by atoms with Crippen LogP contribution >= 0.6 is 0 Å². The summed E-state index contributed by atoms with van der Waals surface area (Å²) in [5, 5.41) is 3.30. The maximum Gasteiger partial charge on any atom is 4.00 e. The summed E-state index contributed by atoms with van der Waals surface area (Å²) in [6.07, 6.45) is 9.72. The van der Waals surface area contributed by atoms with Crippen molar-refractivity contribution in [2.45, 2.75) is 73.4 Å². The first-order valence-electron chi connectivity index (χ1n) is 10.8. The van der Waals surface area contributed by atoms with Gasteiger partial charge >= 0.3 is 21.7 Å². The van der Waals surface area contributed by atoms with Gasteiger partial charge in [0.25, 0.3) is 0 Å². The van der Waals surface area contributed by atoms with Crippen LogP contribution in [0.15, 0.2) is 41.6 Å². The molecule has 0 spiro atoms. The molecule has 2 aromatic rings. The van der Waals surface area contributed by atoms with Crippen molar-refractivity contribution >= 4 is 18.8 Å². The molecule has 0 radical (unpaired) electrons. The van der Waals surface area contributed by atoms with E-state index in [1.54, 1.807) is 10.4 Å².